The van der Waals surface area contributed by atoms with Crippen molar-refractivity contribution < 1.29 is 38.1 Å². The molecule has 0 aromatic rings. The molecule has 0 N–H and O–H groups in total. The van der Waals surface area contributed by atoms with Crippen LogP contribution in [-0.2, 0) is 38.1 Å². The molecule has 2 aliphatic carbocycles. The molecular formula is C24H26O8. The molecule has 0 unspecified atom stereocenters. The Morgan fingerprint density at radius 1 is 1.00 bits per heavy atom. The second kappa shape index (κ2) is 5.59. The van der Waals surface area contributed by atoms with Gasteiger partial charge in [0.2, 0.25) is 6.29 Å². The molecule has 0 aromatic carbocycles. The van der Waals surface area contributed by atoms with Gasteiger partial charge in [-0.05, 0) is 40.2 Å². The Balaban J connectivity index is 1.62. The lowest BCUT2D eigenvalue weighted by Crippen LogP contribution is -2.65. The number of carbonyl (C=O) groups excluding carboxylic acids is 4. The molecule has 6 rings (SSSR count). The molecule has 8 nitrogen and oxygen atoms in total. The van der Waals surface area contributed by atoms with Gasteiger partial charge in [-0.2, -0.15) is 0 Å². The van der Waals surface area contributed by atoms with Gasteiger partial charge < -0.3 is 18.9 Å². The lowest BCUT2D eigenvalue weighted by molar-refractivity contribution is -0.221. The average Bonchev–Trinajstić information content (AvgIpc) is 3.45. The molecule has 4 heterocycles. The first kappa shape index (κ1) is 20.3. The number of ketones is 2. The molecule has 1 spiro atoms. The van der Waals surface area contributed by atoms with Gasteiger partial charge in [0.05, 0.1) is 12.0 Å². The Morgan fingerprint density at radius 3 is 2.34 bits per heavy atom. The summed E-state index contributed by atoms with van der Waals surface area (Å²) in [4.78, 5) is 53.1. The van der Waals surface area contributed by atoms with Crippen molar-refractivity contribution in [1.29, 1.82) is 0 Å². The number of allylic oxidation sites excluding steroid dienone is 1. The minimum absolute atomic E-state index is 0.198. The van der Waals surface area contributed by atoms with Gasteiger partial charge in [-0.25, -0.2) is 4.79 Å². The number of ether oxygens (including phenoxy) is 4. The first-order valence-electron chi connectivity index (χ1n) is 11.1. The number of Topliss-reactive ketones (excluding diaryl/α,β-unsaturated/α-hetero) is 1. The number of carbonyl (C=O) groups is 4. The Morgan fingerprint density at radius 2 is 1.69 bits per heavy atom. The van der Waals surface area contributed by atoms with Gasteiger partial charge >= 0.3 is 11.9 Å². The van der Waals surface area contributed by atoms with E-state index in [1.54, 1.807) is 27.7 Å². The maximum absolute atomic E-state index is 14.0. The molecule has 0 bridgehead atoms. The molecule has 0 amide bonds. The largest absolute Gasteiger partial charge is 0.452 e. The summed E-state index contributed by atoms with van der Waals surface area (Å²) in [5.74, 6) is -3.14. The first-order valence-corrected chi connectivity index (χ1v) is 11.1. The summed E-state index contributed by atoms with van der Waals surface area (Å²) in [6, 6.07) is 0. The molecule has 8 heteroatoms. The molecule has 8 atom stereocenters. The van der Waals surface area contributed by atoms with Crippen LogP contribution in [0.3, 0.4) is 0 Å². The summed E-state index contributed by atoms with van der Waals surface area (Å²) in [5, 5.41) is 0. The Hall–Kier alpha value is -2.32. The van der Waals surface area contributed by atoms with Crippen molar-refractivity contribution in [3.8, 4) is 0 Å². The third-order valence-corrected chi connectivity index (χ3v) is 8.96. The van der Waals surface area contributed by atoms with Crippen LogP contribution in [-0.4, -0.2) is 53.7 Å². The first-order chi connectivity index (χ1) is 14.9. The monoisotopic (exact) mass is 442 g/mol. The van der Waals surface area contributed by atoms with Crippen LogP contribution < -0.4 is 0 Å². The third-order valence-electron chi connectivity index (χ3n) is 8.96. The lowest BCUT2D eigenvalue weighted by Gasteiger charge is -2.56. The van der Waals surface area contributed by atoms with Crippen LogP contribution in [0.1, 0.15) is 41.0 Å². The maximum Gasteiger partial charge on any atom is 0.332 e. The molecule has 4 aliphatic heterocycles. The van der Waals surface area contributed by atoms with Gasteiger partial charge in [0, 0.05) is 40.4 Å². The minimum Gasteiger partial charge on any atom is -0.452 e. The van der Waals surface area contributed by atoms with Crippen LogP contribution in [0.15, 0.2) is 23.3 Å². The van der Waals surface area contributed by atoms with E-state index in [9.17, 15) is 19.2 Å². The summed E-state index contributed by atoms with van der Waals surface area (Å²) in [7, 11) is 0. The van der Waals surface area contributed by atoms with Crippen molar-refractivity contribution >= 4 is 23.5 Å². The highest BCUT2D eigenvalue weighted by Gasteiger charge is 2.77. The molecule has 32 heavy (non-hydrogen) atoms. The topological polar surface area (TPSA) is 108 Å². The number of hydrogen-bond acceptors (Lipinski definition) is 8. The van der Waals surface area contributed by atoms with Crippen LogP contribution in [0.4, 0.5) is 0 Å². The van der Waals surface area contributed by atoms with E-state index in [0.717, 1.165) is 0 Å². The highest BCUT2D eigenvalue weighted by molar-refractivity contribution is 6.04. The van der Waals surface area contributed by atoms with E-state index in [2.05, 4.69) is 0 Å². The van der Waals surface area contributed by atoms with Crippen molar-refractivity contribution in [2.75, 3.05) is 6.61 Å². The zero-order chi connectivity index (χ0) is 23.0. The fourth-order valence-corrected chi connectivity index (χ4v) is 7.17. The summed E-state index contributed by atoms with van der Waals surface area (Å²) in [6.07, 6.45) is 1.58. The normalized spacial score (nSPS) is 50.3. The zero-order valence-electron chi connectivity index (χ0n) is 18.7. The predicted octanol–water partition coefficient (Wildman–Crippen LogP) is 1.66. The van der Waals surface area contributed by atoms with Gasteiger partial charge in [-0.1, -0.05) is 6.92 Å². The van der Waals surface area contributed by atoms with E-state index in [0.29, 0.717) is 24.2 Å². The number of rotatable bonds is 0. The molecular weight excluding hydrogens is 416 g/mol. The van der Waals surface area contributed by atoms with E-state index in [4.69, 9.17) is 18.9 Å². The number of hydrogen-bond donors (Lipinski definition) is 0. The lowest BCUT2D eigenvalue weighted by atomic mass is 9.45. The second-order valence-electron chi connectivity index (χ2n) is 11.0. The molecule has 1 saturated carbocycles. The molecule has 0 radical (unpaired) electrons. The van der Waals surface area contributed by atoms with E-state index in [-0.39, 0.29) is 11.6 Å². The fraction of sp³-hybridized carbons (Fsp3) is 0.667. The van der Waals surface area contributed by atoms with E-state index in [1.165, 1.54) is 12.2 Å². The standard InChI is InChI=1S/C24H26O8/c1-10-18(27)16-17-19(30-10)31-20(28)22(17,4)8-13-23(16,5)14(25)6-11-12(24(13)9-29-24)7-15(26)32-21(11,2)3/h6-7,10,13,16-17,19H,8-9H2,1-5H3/t10-,13-,16+,17+,19+,22+,23-,24+/m1/s1. The second-order valence-corrected chi connectivity index (χ2v) is 11.0. The van der Waals surface area contributed by atoms with E-state index < -0.39 is 64.1 Å². The summed E-state index contributed by atoms with van der Waals surface area (Å²) < 4.78 is 23.0. The highest BCUT2D eigenvalue weighted by Crippen LogP contribution is 2.69. The molecule has 6 aliphatic rings. The maximum atomic E-state index is 14.0. The highest BCUT2D eigenvalue weighted by atomic mass is 16.7. The number of cyclic esters (lactones) is 1. The number of epoxide rings is 1. The third kappa shape index (κ3) is 2.11. The van der Waals surface area contributed by atoms with Crippen LogP contribution >= 0.6 is 0 Å². The zero-order valence-corrected chi connectivity index (χ0v) is 18.7. The molecule has 0 aromatic heterocycles. The number of esters is 2. The van der Waals surface area contributed by atoms with Crippen molar-refractivity contribution in [3.63, 3.8) is 0 Å². The SMILES string of the molecule is C[C@H]1O[C@H]2OC(=O)[C@@]3(C)C[C@@H]4[C@](C)(C(=O)C=C5C(=CC(=O)OC5(C)C)[C@@]45CO5)[C@H](C1=O)[C@@H]23. The van der Waals surface area contributed by atoms with Gasteiger partial charge in [0.25, 0.3) is 0 Å². The Labute approximate surface area is 185 Å². The summed E-state index contributed by atoms with van der Waals surface area (Å²) >= 11 is 0. The fourth-order valence-electron chi connectivity index (χ4n) is 7.17. The number of fused-ring (bicyclic) bond motifs is 5. The molecule has 4 fully saturated rings. The van der Waals surface area contributed by atoms with Crippen LogP contribution in [0.5, 0.6) is 0 Å². The average molecular weight is 442 g/mol. The summed E-state index contributed by atoms with van der Waals surface area (Å²) in [5.41, 5.74) is -2.88. The Kier molecular flexibility index (Phi) is 3.55. The van der Waals surface area contributed by atoms with Crippen molar-refractivity contribution in [3.05, 3.63) is 23.3 Å². The van der Waals surface area contributed by atoms with E-state index >= 15 is 0 Å². The van der Waals surface area contributed by atoms with Gasteiger partial charge in [0.15, 0.2) is 11.6 Å². The van der Waals surface area contributed by atoms with Gasteiger partial charge in [0.1, 0.15) is 17.3 Å². The molecule has 170 valence electrons. The molecule has 3 saturated heterocycles. The van der Waals surface area contributed by atoms with Gasteiger partial charge in [-0.15, -0.1) is 0 Å². The van der Waals surface area contributed by atoms with Crippen LogP contribution in [0.2, 0.25) is 0 Å². The quantitative estimate of drug-likeness (QED) is 0.412. The van der Waals surface area contributed by atoms with Crippen LogP contribution in [0.25, 0.3) is 0 Å². The summed E-state index contributed by atoms with van der Waals surface area (Å²) in [6.45, 7) is 9.04. The Bertz CT molecular complexity index is 1080. The minimum atomic E-state index is -1.15. The smallest absolute Gasteiger partial charge is 0.332 e. The van der Waals surface area contributed by atoms with Crippen LogP contribution in [0, 0.1) is 28.6 Å². The van der Waals surface area contributed by atoms with Crippen molar-refractivity contribution in [2.24, 2.45) is 28.6 Å². The van der Waals surface area contributed by atoms with Crippen molar-refractivity contribution in [2.45, 2.75) is 64.6 Å². The predicted molar refractivity (Wildman–Crippen MR) is 107 cm³/mol. The van der Waals surface area contributed by atoms with E-state index in [1.807, 2.05) is 6.92 Å². The van der Waals surface area contributed by atoms with Crippen molar-refractivity contribution in [1.82, 2.24) is 0 Å². The van der Waals surface area contributed by atoms with Gasteiger partial charge in [-0.3, -0.25) is 14.4 Å².